The number of aliphatic imine (C=N–C) groups is 1. The van der Waals surface area contributed by atoms with E-state index in [9.17, 15) is 4.79 Å². The third-order valence-electron chi connectivity index (χ3n) is 2.74. The molecule has 2 rings (SSSR count). The standard InChI is InChI=1S/C12H13Cl2N3O/c1-2-7-6-8(13)11(17-10(7)14)16-9-4-3-5-15-12(9)18/h3-7,10H,2H2,1H3,(H,15,18)(H,16,17). The summed E-state index contributed by atoms with van der Waals surface area (Å²) >= 11 is 12.3. The lowest BCUT2D eigenvalue weighted by molar-refractivity contribution is 0.593. The summed E-state index contributed by atoms with van der Waals surface area (Å²) in [6.07, 6.45) is 4.30. The van der Waals surface area contributed by atoms with Gasteiger partial charge < -0.3 is 10.3 Å². The van der Waals surface area contributed by atoms with Crippen molar-refractivity contribution in [2.75, 3.05) is 5.32 Å². The van der Waals surface area contributed by atoms with E-state index in [0.29, 0.717) is 16.6 Å². The Balaban J connectivity index is 2.23. The van der Waals surface area contributed by atoms with Crippen LogP contribution in [0.1, 0.15) is 13.3 Å². The first-order chi connectivity index (χ1) is 8.61. The van der Waals surface area contributed by atoms with E-state index in [4.69, 9.17) is 23.2 Å². The van der Waals surface area contributed by atoms with Crippen molar-refractivity contribution >= 4 is 34.7 Å². The van der Waals surface area contributed by atoms with Crippen LogP contribution in [-0.2, 0) is 0 Å². The summed E-state index contributed by atoms with van der Waals surface area (Å²) in [4.78, 5) is 18.4. The molecule has 0 spiro atoms. The summed E-state index contributed by atoms with van der Waals surface area (Å²) in [6, 6.07) is 3.37. The SMILES string of the molecule is CCC1C=C(Cl)C(Nc2ccc[nH]c2=O)=NC1Cl. The molecule has 18 heavy (non-hydrogen) atoms. The number of nitrogens with zero attached hydrogens (tertiary/aromatic N) is 1. The first-order valence-electron chi connectivity index (χ1n) is 5.66. The molecule has 1 aromatic rings. The van der Waals surface area contributed by atoms with Gasteiger partial charge in [-0.3, -0.25) is 4.79 Å². The van der Waals surface area contributed by atoms with Gasteiger partial charge in [0, 0.05) is 12.1 Å². The Morgan fingerprint density at radius 3 is 3.00 bits per heavy atom. The topological polar surface area (TPSA) is 57.2 Å². The fourth-order valence-electron chi connectivity index (χ4n) is 1.68. The summed E-state index contributed by atoms with van der Waals surface area (Å²) in [5.74, 6) is 0.553. The molecule has 0 aromatic carbocycles. The molecule has 1 aliphatic rings. The number of amidine groups is 1. The Morgan fingerprint density at radius 2 is 2.33 bits per heavy atom. The highest BCUT2D eigenvalue weighted by Crippen LogP contribution is 2.26. The van der Waals surface area contributed by atoms with Crippen LogP contribution in [0.25, 0.3) is 0 Å². The second-order valence-electron chi connectivity index (χ2n) is 3.97. The lowest BCUT2D eigenvalue weighted by Crippen LogP contribution is -2.26. The Labute approximate surface area is 115 Å². The summed E-state index contributed by atoms with van der Waals surface area (Å²) in [5.41, 5.74) is -0.196. The Kier molecular flexibility index (Phi) is 4.09. The minimum Gasteiger partial charge on any atom is -0.335 e. The van der Waals surface area contributed by atoms with E-state index in [2.05, 4.69) is 15.3 Å². The third-order valence-corrected chi connectivity index (χ3v) is 3.46. The maximum absolute atomic E-state index is 11.5. The molecule has 1 aliphatic heterocycles. The maximum Gasteiger partial charge on any atom is 0.271 e. The summed E-state index contributed by atoms with van der Waals surface area (Å²) in [5, 5.41) is 3.38. The van der Waals surface area contributed by atoms with Crippen LogP contribution < -0.4 is 10.9 Å². The van der Waals surface area contributed by atoms with E-state index in [-0.39, 0.29) is 17.0 Å². The second-order valence-corrected chi connectivity index (χ2v) is 4.83. The minimum absolute atomic E-state index is 0.124. The van der Waals surface area contributed by atoms with Gasteiger partial charge in [0.05, 0.1) is 5.03 Å². The van der Waals surface area contributed by atoms with Gasteiger partial charge >= 0.3 is 0 Å². The molecule has 2 heterocycles. The predicted octanol–water partition coefficient (Wildman–Crippen LogP) is 2.91. The molecule has 0 saturated carbocycles. The fraction of sp³-hybridized carbons (Fsp3) is 0.333. The number of aromatic amines is 1. The van der Waals surface area contributed by atoms with E-state index < -0.39 is 0 Å². The van der Waals surface area contributed by atoms with Crippen LogP contribution in [0, 0.1) is 5.92 Å². The highest BCUT2D eigenvalue weighted by Gasteiger charge is 2.23. The van der Waals surface area contributed by atoms with E-state index in [1.54, 1.807) is 18.3 Å². The maximum atomic E-state index is 11.5. The molecule has 0 amide bonds. The number of hydrogen-bond donors (Lipinski definition) is 2. The number of rotatable bonds is 2. The Hall–Kier alpha value is -1.26. The largest absolute Gasteiger partial charge is 0.335 e. The molecule has 0 fully saturated rings. The zero-order valence-electron chi connectivity index (χ0n) is 9.78. The van der Waals surface area contributed by atoms with Crippen LogP contribution in [-0.4, -0.2) is 16.3 Å². The van der Waals surface area contributed by atoms with Gasteiger partial charge in [0.25, 0.3) is 5.56 Å². The van der Waals surface area contributed by atoms with E-state index in [1.165, 1.54) is 0 Å². The first kappa shape index (κ1) is 13.2. The summed E-state index contributed by atoms with van der Waals surface area (Å²) in [6.45, 7) is 2.02. The highest BCUT2D eigenvalue weighted by atomic mass is 35.5. The summed E-state index contributed by atoms with van der Waals surface area (Å²) < 4.78 is 0. The molecule has 0 aliphatic carbocycles. The number of pyridine rings is 1. The van der Waals surface area contributed by atoms with E-state index in [0.717, 1.165) is 6.42 Å². The van der Waals surface area contributed by atoms with Gasteiger partial charge in [-0.15, -0.1) is 0 Å². The van der Waals surface area contributed by atoms with Crippen molar-refractivity contribution < 1.29 is 0 Å². The summed E-state index contributed by atoms with van der Waals surface area (Å²) in [7, 11) is 0. The second kappa shape index (κ2) is 5.59. The number of alkyl halides is 1. The van der Waals surface area contributed by atoms with Crippen LogP contribution in [0.4, 0.5) is 5.69 Å². The number of anilines is 1. The molecule has 2 atom stereocenters. The molecule has 0 saturated heterocycles. The first-order valence-corrected chi connectivity index (χ1v) is 6.47. The van der Waals surface area contributed by atoms with Gasteiger partial charge in [-0.25, -0.2) is 4.99 Å². The monoisotopic (exact) mass is 285 g/mol. The average Bonchev–Trinajstić information content (AvgIpc) is 2.36. The van der Waals surface area contributed by atoms with Crippen molar-refractivity contribution in [1.82, 2.24) is 4.98 Å². The smallest absolute Gasteiger partial charge is 0.271 e. The van der Waals surface area contributed by atoms with Crippen molar-refractivity contribution in [2.45, 2.75) is 18.8 Å². The molecule has 1 aromatic heterocycles. The van der Waals surface area contributed by atoms with Crippen molar-refractivity contribution in [3.8, 4) is 0 Å². The number of hydrogen-bond acceptors (Lipinski definition) is 3. The molecule has 6 heteroatoms. The minimum atomic E-state index is -0.359. The molecule has 0 radical (unpaired) electrons. The third kappa shape index (κ3) is 2.76. The molecule has 96 valence electrons. The predicted molar refractivity (Wildman–Crippen MR) is 75.5 cm³/mol. The fourth-order valence-corrected chi connectivity index (χ4v) is 2.29. The van der Waals surface area contributed by atoms with Gasteiger partial charge in [-0.05, 0) is 18.6 Å². The zero-order chi connectivity index (χ0) is 13.1. The van der Waals surface area contributed by atoms with Gasteiger partial charge in [-0.1, -0.05) is 36.2 Å². The van der Waals surface area contributed by atoms with Gasteiger partial charge in [-0.2, -0.15) is 0 Å². The molecule has 2 unspecified atom stereocenters. The van der Waals surface area contributed by atoms with Gasteiger partial charge in [0.15, 0.2) is 0 Å². The number of halogens is 2. The van der Waals surface area contributed by atoms with Crippen molar-refractivity contribution in [3.63, 3.8) is 0 Å². The lowest BCUT2D eigenvalue weighted by Gasteiger charge is -2.21. The zero-order valence-corrected chi connectivity index (χ0v) is 11.3. The van der Waals surface area contributed by atoms with E-state index >= 15 is 0 Å². The van der Waals surface area contributed by atoms with Crippen molar-refractivity contribution in [2.24, 2.45) is 10.9 Å². The normalized spacial score (nSPS) is 23.3. The van der Waals surface area contributed by atoms with Crippen LogP contribution in [0.15, 0.2) is 39.2 Å². The molecule has 0 bridgehead atoms. The Bertz CT molecular complexity index is 550. The van der Waals surface area contributed by atoms with Crippen molar-refractivity contribution in [1.29, 1.82) is 0 Å². The quantitative estimate of drug-likeness (QED) is 0.648. The van der Waals surface area contributed by atoms with Crippen LogP contribution in [0.5, 0.6) is 0 Å². The Morgan fingerprint density at radius 1 is 1.56 bits per heavy atom. The average molecular weight is 286 g/mol. The number of aromatic nitrogens is 1. The highest BCUT2D eigenvalue weighted by molar-refractivity contribution is 6.45. The lowest BCUT2D eigenvalue weighted by atomic mass is 10.0. The number of nitrogens with one attached hydrogen (secondary N) is 2. The molecular formula is C12H13Cl2N3O. The van der Waals surface area contributed by atoms with Gasteiger partial charge in [0.2, 0.25) is 0 Å². The molecule has 2 N–H and O–H groups in total. The molecule has 4 nitrogen and oxygen atoms in total. The number of dihydropyridines is 1. The molecular weight excluding hydrogens is 273 g/mol. The van der Waals surface area contributed by atoms with Gasteiger partial charge in [0.1, 0.15) is 17.0 Å². The number of H-pyrrole nitrogens is 1. The van der Waals surface area contributed by atoms with Crippen LogP contribution in [0.3, 0.4) is 0 Å². The van der Waals surface area contributed by atoms with E-state index in [1.807, 2.05) is 13.0 Å². The van der Waals surface area contributed by atoms with Crippen LogP contribution in [0.2, 0.25) is 0 Å². The van der Waals surface area contributed by atoms with Crippen LogP contribution >= 0.6 is 23.2 Å². The van der Waals surface area contributed by atoms with Crippen molar-refractivity contribution in [3.05, 3.63) is 39.8 Å².